The first-order chi connectivity index (χ1) is 8.20. The highest BCUT2D eigenvalue weighted by molar-refractivity contribution is 9.10. The van der Waals surface area contributed by atoms with Gasteiger partial charge in [0.1, 0.15) is 0 Å². The van der Waals surface area contributed by atoms with Gasteiger partial charge in [0.2, 0.25) is 0 Å². The van der Waals surface area contributed by atoms with Crippen molar-refractivity contribution in [3.63, 3.8) is 0 Å². The van der Waals surface area contributed by atoms with E-state index in [0.29, 0.717) is 0 Å². The van der Waals surface area contributed by atoms with Crippen LogP contribution in [0.5, 0.6) is 0 Å². The molecule has 1 aromatic rings. The van der Waals surface area contributed by atoms with E-state index in [1.807, 2.05) is 7.05 Å². The lowest BCUT2D eigenvalue weighted by molar-refractivity contribution is 0.451. The van der Waals surface area contributed by atoms with E-state index in [2.05, 4.69) is 38.6 Å². The van der Waals surface area contributed by atoms with Crippen LogP contribution in [0.3, 0.4) is 0 Å². The summed E-state index contributed by atoms with van der Waals surface area (Å²) in [6.07, 6.45) is 7.34. The molecule has 1 atom stereocenters. The number of hydrazine groups is 1. The van der Waals surface area contributed by atoms with Crippen LogP contribution in [0.4, 0.5) is 0 Å². The molecule has 5 nitrogen and oxygen atoms in total. The normalized spacial score (nSPS) is 12.9. The van der Waals surface area contributed by atoms with Crippen molar-refractivity contribution in [2.75, 3.05) is 0 Å². The Morgan fingerprint density at radius 2 is 2.06 bits per heavy atom. The number of hydrogen-bond acceptors (Lipinski definition) is 4. The molecule has 1 aromatic heterocycles. The maximum absolute atomic E-state index is 5.60. The van der Waals surface area contributed by atoms with Crippen molar-refractivity contribution in [1.29, 1.82) is 0 Å². The quantitative estimate of drug-likeness (QED) is 0.440. The van der Waals surface area contributed by atoms with E-state index >= 15 is 0 Å². The third-order valence-electron chi connectivity index (χ3n) is 2.95. The van der Waals surface area contributed by atoms with Gasteiger partial charge in [0.05, 0.1) is 11.7 Å². The molecule has 0 fully saturated rings. The average Bonchev–Trinajstić information content (AvgIpc) is 2.65. The molecular formula is C11H22BrN5. The Morgan fingerprint density at radius 3 is 2.59 bits per heavy atom. The van der Waals surface area contributed by atoms with Crippen LogP contribution in [0, 0.1) is 0 Å². The van der Waals surface area contributed by atoms with Crippen molar-refractivity contribution in [2.45, 2.75) is 51.5 Å². The largest absolute Gasteiger partial charge is 0.271 e. The van der Waals surface area contributed by atoms with Crippen molar-refractivity contribution in [1.82, 2.24) is 20.4 Å². The fourth-order valence-electron chi connectivity index (χ4n) is 1.96. The molecule has 17 heavy (non-hydrogen) atoms. The highest BCUT2D eigenvalue weighted by Crippen LogP contribution is 2.24. The molecule has 0 bridgehead atoms. The summed E-state index contributed by atoms with van der Waals surface area (Å²) in [5.74, 6) is 5.60. The number of aromatic nitrogens is 3. The lowest BCUT2D eigenvalue weighted by Gasteiger charge is -2.15. The van der Waals surface area contributed by atoms with Gasteiger partial charge in [0.25, 0.3) is 0 Å². The number of nitrogens with one attached hydrogen (secondary N) is 1. The van der Waals surface area contributed by atoms with E-state index < -0.39 is 0 Å². The monoisotopic (exact) mass is 303 g/mol. The van der Waals surface area contributed by atoms with E-state index in [1.165, 1.54) is 32.1 Å². The number of unbranched alkanes of at least 4 members (excludes halogenated alkanes) is 4. The van der Waals surface area contributed by atoms with Crippen LogP contribution >= 0.6 is 15.9 Å². The molecule has 0 amide bonds. The van der Waals surface area contributed by atoms with Gasteiger partial charge < -0.3 is 0 Å². The van der Waals surface area contributed by atoms with E-state index in [-0.39, 0.29) is 6.04 Å². The molecule has 1 rings (SSSR count). The van der Waals surface area contributed by atoms with Gasteiger partial charge >= 0.3 is 0 Å². The third-order valence-corrected chi connectivity index (χ3v) is 3.52. The van der Waals surface area contributed by atoms with Gasteiger partial charge in [-0.1, -0.05) is 44.2 Å². The molecule has 0 aromatic carbocycles. The van der Waals surface area contributed by atoms with Crippen molar-refractivity contribution in [3.8, 4) is 0 Å². The standard InChI is InChI=1S/C11H22BrN5/c1-3-4-5-6-7-8-9(14-13)10-11(12)15-16-17(10)2/h9,14H,3-8,13H2,1-2H3. The van der Waals surface area contributed by atoms with Crippen molar-refractivity contribution >= 4 is 15.9 Å². The van der Waals surface area contributed by atoms with Gasteiger partial charge in [-0.25, -0.2) is 4.68 Å². The molecule has 1 unspecified atom stereocenters. The molecule has 0 saturated heterocycles. The Morgan fingerprint density at radius 1 is 1.35 bits per heavy atom. The van der Waals surface area contributed by atoms with E-state index in [1.54, 1.807) is 4.68 Å². The van der Waals surface area contributed by atoms with Gasteiger partial charge in [-0.15, -0.1) is 5.10 Å². The number of halogens is 1. The molecule has 0 radical (unpaired) electrons. The fourth-order valence-corrected chi connectivity index (χ4v) is 2.56. The Hall–Kier alpha value is -0.460. The van der Waals surface area contributed by atoms with Crippen LogP contribution < -0.4 is 11.3 Å². The van der Waals surface area contributed by atoms with Gasteiger partial charge in [-0.3, -0.25) is 11.3 Å². The Labute approximate surface area is 111 Å². The first-order valence-electron chi connectivity index (χ1n) is 6.21. The second kappa shape index (κ2) is 7.79. The van der Waals surface area contributed by atoms with E-state index in [4.69, 9.17) is 5.84 Å². The topological polar surface area (TPSA) is 68.8 Å². The minimum atomic E-state index is 0.117. The summed E-state index contributed by atoms with van der Waals surface area (Å²) in [7, 11) is 1.88. The van der Waals surface area contributed by atoms with Crippen LogP contribution in [-0.4, -0.2) is 15.0 Å². The minimum absolute atomic E-state index is 0.117. The molecule has 98 valence electrons. The molecule has 0 aliphatic carbocycles. The molecule has 0 spiro atoms. The summed E-state index contributed by atoms with van der Waals surface area (Å²) in [6.45, 7) is 2.22. The molecule has 0 saturated carbocycles. The molecular weight excluding hydrogens is 282 g/mol. The summed E-state index contributed by atoms with van der Waals surface area (Å²) < 4.78 is 2.54. The Kier molecular flexibility index (Phi) is 6.69. The predicted octanol–water partition coefficient (Wildman–Crippen LogP) is 2.44. The lowest BCUT2D eigenvalue weighted by atomic mass is 10.0. The van der Waals surface area contributed by atoms with Crippen LogP contribution in [0.1, 0.15) is 57.2 Å². The lowest BCUT2D eigenvalue weighted by Crippen LogP contribution is -2.29. The summed E-state index contributed by atoms with van der Waals surface area (Å²) in [5, 5.41) is 7.94. The summed E-state index contributed by atoms with van der Waals surface area (Å²) in [4.78, 5) is 0. The first-order valence-corrected chi connectivity index (χ1v) is 7.01. The second-order valence-corrected chi connectivity index (χ2v) is 5.06. The molecule has 0 aliphatic rings. The third kappa shape index (κ3) is 4.37. The highest BCUT2D eigenvalue weighted by atomic mass is 79.9. The molecule has 6 heteroatoms. The molecule has 1 heterocycles. The Balaban J connectivity index is 2.43. The number of hydrogen-bond donors (Lipinski definition) is 2. The first kappa shape index (κ1) is 14.6. The summed E-state index contributed by atoms with van der Waals surface area (Å²) in [5.41, 5.74) is 3.86. The van der Waals surface area contributed by atoms with Crippen molar-refractivity contribution in [3.05, 3.63) is 10.3 Å². The summed E-state index contributed by atoms with van der Waals surface area (Å²) >= 11 is 3.40. The van der Waals surface area contributed by atoms with Crippen LogP contribution in [-0.2, 0) is 7.05 Å². The van der Waals surface area contributed by atoms with Gasteiger partial charge in [0, 0.05) is 7.05 Å². The van der Waals surface area contributed by atoms with Crippen molar-refractivity contribution in [2.24, 2.45) is 12.9 Å². The second-order valence-electron chi connectivity index (χ2n) is 4.31. The molecule has 0 aliphatic heterocycles. The van der Waals surface area contributed by atoms with Gasteiger partial charge in [-0.05, 0) is 22.4 Å². The Bertz CT molecular complexity index is 306. The number of nitrogens with two attached hydrogens (primary N) is 1. The van der Waals surface area contributed by atoms with E-state index in [9.17, 15) is 0 Å². The summed E-state index contributed by atoms with van der Waals surface area (Å²) in [6, 6.07) is 0.117. The maximum Gasteiger partial charge on any atom is 0.153 e. The van der Waals surface area contributed by atoms with Gasteiger partial charge in [0.15, 0.2) is 4.60 Å². The number of rotatable bonds is 8. The van der Waals surface area contributed by atoms with E-state index in [0.717, 1.165) is 16.7 Å². The maximum atomic E-state index is 5.60. The zero-order valence-corrected chi connectivity index (χ0v) is 12.2. The highest BCUT2D eigenvalue weighted by Gasteiger charge is 2.18. The van der Waals surface area contributed by atoms with Crippen molar-refractivity contribution < 1.29 is 0 Å². The van der Waals surface area contributed by atoms with Crippen LogP contribution in [0.15, 0.2) is 4.60 Å². The fraction of sp³-hybridized carbons (Fsp3) is 0.818. The smallest absolute Gasteiger partial charge is 0.153 e. The van der Waals surface area contributed by atoms with Crippen LogP contribution in [0.25, 0.3) is 0 Å². The molecule has 3 N–H and O–H groups in total. The predicted molar refractivity (Wildman–Crippen MR) is 72.1 cm³/mol. The number of nitrogens with zero attached hydrogens (tertiary/aromatic N) is 3. The average molecular weight is 304 g/mol. The SMILES string of the molecule is CCCCCCCC(NN)c1c(Br)nnn1C. The zero-order valence-electron chi connectivity index (χ0n) is 10.6. The minimum Gasteiger partial charge on any atom is -0.271 e. The van der Waals surface area contributed by atoms with Crippen LogP contribution in [0.2, 0.25) is 0 Å². The zero-order chi connectivity index (χ0) is 12.7. The number of aryl methyl sites for hydroxylation is 1. The van der Waals surface area contributed by atoms with Gasteiger partial charge in [-0.2, -0.15) is 0 Å².